The fourth-order valence-electron chi connectivity index (χ4n) is 2.29. The van der Waals surface area contributed by atoms with Crippen LogP contribution in [0.2, 0.25) is 0 Å². The SMILES string of the molecule is CC(C)(C)OC(=O)CNc1ccc(B2OC(C)(C)C(C)(C)O2)cc1. The van der Waals surface area contributed by atoms with Crippen LogP contribution in [0, 0.1) is 0 Å². The first-order chi connectivity index (χ1) is 10.9. The van der Waals surface area contributed by atoms with Crippen molar-refractivity contribution < 1.29 is 18.8 Å². The molecule has 0 radical (unpaired) electrons. The normalized spacial score (nSPS) is 19.2. The minimum Gasteiger partial charge on any atom is -0.459 e. The van der Waals surface area contributed by atoms with E-state index in [9.17, 15) is 4.79 Å². The molecule has 24 heavy (non-hydrogen) atoms. The Balaban J connectivity index is 1.94. The second-order valence-corrected chi connectivity index (χ2v) is 8.15. The summed E-state index contributed by atoms with van der Waals surface area (Å²) in [5.74, 6) is -0.280. The minimum absolute atomic E-state index is 0.132. The summed E-state index contributed by atoms with van der Waals surface area (Å²) in [6, 6.07) is 7.70. The van der Waals surface area contributed by atoms with Crippen LogP contribution < -0.4 is 10.8 Å². The molecule has 132 valence electrons. The highest BCUT2D eigenvalue weighted by molar-refractivity contribution is 6.62. The van der Waals surface area contributed by atoms with Crippen molar-refractivity contribution in [3.8, 4) is 0 Å². The molecule has 1 aromatic rings. The van der Waals surface area contributed by atoms with Gasteiger partial charge < -0.3 is 19.4 Å². The van der Waals surface area contributed by atoms with Gasteiger partial charge in [0, 0.05) is 5.69 Å². The molecule has 1 heterocycles. The van der Waals surface area contributed by atoms with Gasteiger partial charge in [0.05, 0.1) is 11.2 Å². The van der Waals surface area contributed by atoms with Gasteiger partial charge in [-0.15, -0.1) is 0 Å². The third-order valence-corrected chi connectivity index (χ3v) is 4.29. The van der Waals surface area contributed by atoms with Crippen molar-refractivity contribution >= 4 is 24.2 Å². The molecule has 0 unspecified atom stereocenters. The summed E-state index contributed by atoms with van der Waals surface area (Å²) >= 11 is 0. The number of benzene rings is 1. The number of hydrogen-bond acceptors (Lipinski definition) is 5. The lowest BCUT2D eigenvalue weighted by Gasteiger charge is -2.32. The van der Waals surface area contributed by atoms with Gasteiger partial charge in [-0.05, 0) is 66.1 Å². The standard InChI is InChI=1S/C18H28BNO4/c1-16(2,3)22-15(21)12-20-14-10-8-13(9-11-14)19-23-17(4,5)18(6,7)24-19/h8-11,20H,12H2,1-7H3. The van der Waals surface area contributed by atoms with E-state index in [1.807, 2.05) is 72.7 Å². The molecule has 1 N–H and O–H groups in total. The number of carbonyl (C=O) groups is 1. The first kappa shape index (κ1) is 18.8. The van der Waals surface area contributed by atoms with E-state index in [4.69, 9.17) is 14.0 Å². The van der Waals surface area contributed by atoms with Gasteiger partial charge in [0.25, 0.3) is 0 Å². The first-order valence-corrected chi connectivity index (χ1v) is 8.31. The summed E-state index contributed by atoms with van der Waals surface area (Å²) in [6.07, 6.45) is 0. The number of nitrogens with one attached hydrogen (secondary N) is 1. The van der Waals surface area contributed by atoms with Gasteiger partial charge in [-0.25, -0.2) is 0 Å². The van der Waals surface area contributed by atoms with Crippen molar-refractivity contribution in [1.29, 1.82) is 0 Å². The number of hydrogen-bond donors (Lipinski definition) is 1. The quantitative estimate of drug-likeness (QED) is 0.678. The molecule has 2 rings (SSSR count). The lowest BCUT2D eigenvalue weighted by Crippen LogP contribution is -2.41. The topological polar surface area (TPSA) is 56.8 Å². The van der Waals surface area contributed by atoms with Crippen LogP contribution in [0.25, 0.3) is 0 Å². The highest BCUT2D eigenvalue weighted by Gasteiger charge is 2.51. The molecule has 0 spiro atoms. The summed E-state index contributed by atoms with van der Waals surface area (Å²) in [5, 5.41) is 3.06. The molecular weight excluding hydrogens is 305 g/mol. The van der Waals surface area contributed by atoms with Crippen LogP contribution in [0.1, 0.15) is 48.5 Å². The Hall–Kier alpha value is -1.53. The Labute approximate surface area is 145 Å². The molecule has 1 saturated heterocycles. The van der Waals surface area contributed by atoms with Crippen molar-refractivity contribution in [2.45, 2.75) is 65.3 Å². The zero-order chi connectivity index (χ0) is 18.2. The van der Waals surface area contributed by atoms with Gasteiger partial charge in [0.2, 0.25) is 0 Å². The first-order valence-electron chi connectivity index (χ1n) is 8.31. The van der Waals surface area contributed by atoms with Gasteiger partial charge >= 0.3 is 13.1 Å². The van der Waals surface area contributed by atoms with Crippen LogP contribution in [-0.2, 0) is 18.8 Å². The Morgan fingerprint density at radius 2 is 1.58 bits per heavy atom. The fraction of sp³-hybridized carbons (Fsp3) is 0.611. The van der Waals surface area contributed by atoms with Gasteiger partial charge in [0.1, 0.15) is 12.1 Å². The van der Waals surface area contributed by atoms with Crippen molar-refractivity contribution in [2.75, 3.05) is 11.9 Å². The Kier molecular flexibility index (Phi) is 5.02. The average molecular weight is 333 g/mol. The van der Waals surface area contributed by atoms with Crippen molar-refractivity contribution in [3.05, 3.63) is 24.3 Å². The van der Waals surface area contributed by atoms with Crippen LogP contribution in [0.3, 0.4) is 0 Å². The third kappa shape index (κ3) is 4.51. The van der Waals surface area contributed by atoms with E-state index in [2.05, 4.69) is 5.32 Å². The van der Waals surface area contributed by atoms with Crippen LogP contribution in [0.4, 0.5) is 5.69 Å². The van der Waals surface area contributed by atoms with E-state index < -0.39 is 5.60 Å². The molecule has 0 atom stereocenters. The highest BCUT2D eigenvalue weighted by atomic mass is 16.7. The van der Waals surface area contributed by atoms with E-state index in [0.717, 1.165) is 11.2 Å². The third-order valence-electron chi connectivity index (χ3n) is 4.29. The van der Waals surface area contributed by atoms with Gasteiger partial charge in [0.15, 0.2) is 0 Å². The number of carbonyl (C=O) groups excluding carboxylic acids is 1. The molecule has 1 fully saturated rings. The number of anilines is 1. The van der Waals surface area contributed by atoms with Crippen LogP contribution in [0.5, 0.6) is 0 Å². The highest BCUT2D eigenvalue weighted by Crippen LogP contribution is 2.36. The second-order valence-electron chi connectivity index (χ2n) is 8.15. The van der Waals surface area contributed by atoms with Crippen molar-refractivity contribution in [1.82, 2.24) is 0 Å². The molecule has 0 amide bonds. The Morgan fingerprint density at radius 3 is 2.04 bits per heavy atom. The lowest BCUT2D eigenvalue weighted by atomic mass is 9.79. The molecule has 0 bridgehead atoms. The summed E-state index contributed by atoms with van der Waals surface area (Å²) in [5.41, 5.74) is 0.619. The molecule has 6 heteroatoms. The molecular formula is C18H28BNO4. The van der Waals surface area contributed by atoms with E-state index in [1.165, 1.54) is 0 Å². The van der Waals surface area contributed by atoms with Crippen LogP contribution in [-0.4, -0.2) is 36.4 Å². The largest absolute Gasteiger partial charge is 0.494 e. The predicted molar refractivity (Wildman–Crippen MR) is 96.5 cm³/mol. The Bertz CT molecular complexity index is 574. The predicted octanol–water partition coefficient (Wildman–Crippen LogP) is 2.74. The summed E-state index contributed by atoms with van der Waals surface area (Å²) in [6.45, 7) is 13.8. The van der Waals surface area contributed by atoms with Gasteiger partial charge in [-0.2, -0.15) is 0 Å². The minimum atomic E-state index is -0.473. The van der Waals surface area contributed by atoms with E-state index in [-0.39, 0.29) is 30.8 Å². The summed E-state index contributed by atoms with van der Waals surface area (Å²) in [7, 11) is -0.380. The van der Waals surface area contributed by atoms with Crippen molar-refractivity contribution in [3.63, 3.8) is 0 Å². The molecule has 0 aromatic heterocycles. The fourth-order valence-corrected chi connectivity index (χ4v) is 2.29. The van der Waals surface area contributed by atoms with Crippen LogP contribution in [0.15, 0.2) is 24.3 Å². The molecule has 1 aliphatic heterocycles. The summed E-state index contributed by atoms with van der Waals surface area (Å²) in [4.78, 5) is 11.7. The van der Waals surface area contributed by atoms with Crippen molar-refractivity contribution in [2.24, 2.45) is 0 Å². The smallest absolute Gasteiger partial charge is 0.459 e. The molecule has 0 aliphatic carbocycles. The maximum absolute atomic E-state index is 11.7. The maximum Gasteiger partial charge on any atom is 0.494 e. The van der Waals surface area contributed by atoms with Crippen LogP contribution >= 0.6 is 0 Å². The molecule has 5 nitrogen and oxygen atoms in total. The number of esters is 1. The maximum atomic E-state index is 11.7. The van der Waals surface area contributed by atoms with E-state index in [0.29, 0.717) is 0 Å². The van der Waals surface area contributed by atoms with E-state index in [1.54, 1.807) is 0 Å². The molecule has 0 saturated carbocycles. The Morgan fingerprint density at radius 1 is 1.08 bits per heavy atom. The zero-order valence-corrected chi connectivity index (χ0v) is 15.7. The van der Waals surface area contributed by atoms with Gasteiger partial charge in [-0.1, -0.05) is 12.1 Å². The number of rotatable bonds is 4. The number of ether oxygens (including phenoxy) is 1. The van der Waals surface area contributed by atoms with E-state index >= 15 is 0 Å². The zero-order valence-electron chi connectivity index (χ0n) is 15.7. The monoisotopic (exact) mass is 333 g/mol. The molecule has 1 aromatic carbocycles. The average Bonchev–Trinajstić information content (AvgIpc) is 2.64. The summed E-state index contributed by atoms with van der Waals surface area (Å²) < 4.78 is 17.3. The van der Waals surface area contributed by atoms with Gasteiger partial charge in [-0.3, -0.25) is 4.79 Å². The lowest BCUT2D eigenvalue weighted by molar-refractivity contribution is -0.152. The molecule has 1 aliphatic rings. The second kappa shape index (κ2) is 6.41.